The number of hydrogen-bond donors (Lipinski definition) is 2. The summed E-state index contributed by atoms with van der Waals surface area (Å²) >= 11 is 0. The molecule has 0 aliphatic rings. The molecule has 1 aromatic carbocycles. The van der Waals surface area contributed by atoms with Crippen LogP contribution in [-0.4, -0.2) is 49.3 Å². The van der Waals surface area contributed by atoms with Crippen molar-refractivity contribution in [2.24, 2.45) is 5.92 Å². The first-order valence-corrected chi connectivity index (χ1v) is 6.89. The van der Waals surface area contributed by atoms with E-state index in [0.29, 0.717) is 13.0 Å². The van der Waals surface area contributed by atoms with Crippen LogP contribution in [0.4, 0.5) is 9.18 Å². The lowest BCUT2D eigenvalue weighted by molar-refractivity contribution is -0.141. The average Bonchev–Trinajstić information content (AvgIpc) is 2.47. The smallest absolute Gasteiger partial charge is 0.317 e. The summed E-state index contributed by atoms with van der Waals surface area (Å²) in [5.41, 5.74) is 0.736. The van der Waals surface area contributed by atoms with Gasteiger partial charge in [0.15, 0.2) is 11.6 Å². The lowest BCUT2D eigenvalue weighted by Gasteiger charge is -2.20. The summed E-state index contributed by atoms with van der Waals surface area (Å²) < 4.78 is 18.3. The van der Waals surface area contributed by atoms with Crippen LogP contribution in [0.25, 0.3) is 0 Å². The number of carbonyl (C=O) groups is 2. The fourth-order valence-electron chi connectivity index (χ4n) is 1.89. The molecule has 1 rings (SSSR count). The van der Waals surface area contributed by atoms with Crippen LogP contribution in [0, 0.1) is 11.7 Å². The molecule has 0 aliphatic carbocycles. The lowest BCUT2D eigenvalue weighted by atomic mass is 10.1. The summed E-state index contributed by atoms with van der Waals surface area (Å²) in [7, 11) is 2.92. The Kier molecular flexibility index (Phi) is 6.62. The number of ether oxygens (including phenoxy) is 1. The number of carbonyl (C=O) groups excluding carboxylic acids is 1. The number of nitrogens with one attached hydrogen (secondary N) is 1. The van der Waals surface area contributed by atoms with Gasteiger partial charge in [0.2, 0.25) is 0 Å². The van der Waals surface area contributed by atoms with Gasteiger partial charge in [-0.25, -0.2) is 9.18 Å². The summed E-state index contributed by atoms with van der Waals surface area (Å²) in [6, 6.07) is 4.26. The monoisotopic (exact) mass is 312 g/mol. The molecule has 0 heterocycles. The van der Waals surface area contributed by atoms with E-state index in [4.69, 9.17) is 9.84 Å². The second-order valence-corrected chi connectivity index (χ2v) is 5.07. The van der Waals surface area contributed by atoms with Crippen LogP contribution in [0.15, 0.2) is 18.2 Å². The largest absolute Gasteiger partial charge is 0.494 e. The Morgan fingerprint density at radius 2 is 2.14 bits per heavy atom. The number of aliphatic carboxylic acids is 1. The van der Waals surface area contributed by atoms with Crippen molar-refractivity contribution in [1.82, 2.24) is 10.2 Å². The summed E-state index contributed by atoms with van der Waals surface area (Å²) in [4.78, 5) is 23.8. The minimum Gasteiger partial charge on any atom is -0.494 e. The maximum absolute atomic E-state index is 13.5. The van der Waals surface area contributed by atoms with Crippen molar-refractivity contribution in [1.29, 1.82) is 0 Å². The molecule has 1 unspecified atom stereocenters. The van der Waals surface area contributed by atoms with Gasteiger partial charge in [-0.3, -0.25) is 4.79 Å². The lowest BCUT2D eigenvalue weighted by Crippen LogP contribution is -2.41. The van der Waals surface area contributed by atoms with Gasteiger partial charge in [0.1, 0.15) is 0 Å². The zero-order valence-electron chi connectivity index (χ0n) is 12.9. The number of benzene rings is 1. The van der Waals surface area contributed by atoms with Crippen LogP contribution in [0.2, 0.25) is 0 Å². The Morgan fingerprint density at radius 1 is 1.45 bits per heavy atom. The predicted octanol–water partition coefficient (Wildman–Crippen LogP) is 1.74. The highest BCUT2D eigenvalue weighted by Crippen LogP contribution is 2.17. The summed E-state index contributed by atoms with van der Waals surface area (Å²) in [6.45, 7) is 1.99. The van der Waals surface area contributed by atoms with Crippen LogP contribution < -0.4 is 10.1 Å². The maximum Gasteiger partial charge on any atom is 0.317 e. The zero-order chi connectivity index (χ0) is 16.7. The first kappa shape index (κ1) is 17.7. The van der Waals surface area contributed by atoms with Gasteiger partial charge >= 0.3 is 12.0 Å². The van der Waals surface area contributed by atoms with Gasteiger partial charge in [0.05, 0.1) is 13.0 Å². The van der Waals surface area contributed by atoms with E-state index in [1.165, 1.54) is 38.1 Å². The molecule has 0 spiro atoms. The highest BCUT2D eigenvalue weighted by atomic mass is 19.1. The fourth-order valence-corrected chi connectivity index (χ4v) is 1.89. The third-order valence-electron chi connectivity index (χ3n) is 3.22. The topological polar surface area (TPSA) is 78.9 Å². The molecular weight excluding hydrogens is 291 g/mol. The van der Waals surface area contributed by atoms with Gasteiger partial charge in [-0.05, 0) is 24.1 Å². The van der Waals surface area contributed by atoms with Crippen molar-refractivity contribution in [2.75, 3.05) is 27.2 Å². The molecule has 22 heavy (non-hydrogen) atoms. The molecule has 2 N–H and O–H groups in total. The van der Waals surface area contributed by atoms with Gasteiger partial charge < -0.3 is 20.1 Å². The van der Waals surface area contributed by atoms with Gasteiger partial charge in [0.25, 0.3) is 0 Å². The second-order valence-electron chi connectivity index (χ2n) is 5.07. The van der Waals surface area contributed by atoms with Crippen molar-refractivity contribution in [3.63, 3.8) is 0 Å². The summed E-state index contributed by atoms with van der Waals surface area (Å²) in [6.07, 6.45) is 0.467. The molecule has 2 amide bonds. The first-order chi connectivity index (χ1) is 10.3. The highest BCUT2D eigenvalue weighted by molar-refractivity contribution is 5.75. The van der Waals surface area contributed by atoms with Crippen molar-refractivity contribution in [3.05, 3.63) is 29.6 Å². The third-order valence-corrected chi connectivity index (χ3v) is 3.22. The fraction of sp³-hybridized carbons (Fsp3) is 0.467. The number of carboxylic acid groups (broad SMARTS) is 1. The molecule has 0 saturated heterocycles. The van der Waals surface area contributed by atoms with Crippen LogP contribution in [0.3, 0.4) is 0 Å². The van der Waals surface area contributed by atoms with E-state index in [1.54, 1.807) is 6.07 Å². The molecule has 0 radical (unpaired) electrons. The number of hydrogen-bond acceptors (Lipinski definition) is 3. The summed E-state index contributed by atoms with van der Waals surface area (Å²) in [5.74, 6) is -1.85. The number of amides is 2. The van der Waals surface area contributed by atoms with Crippen molar-refractivity contribution in [3.8, 4) is 5.75 Å². The van der Waals surface area contributed by atoms with Crippen LogP contribution in [0.1, 0.15) is 12.5 Å². The summed E-state index contributed by atoms with van der Waals surface area (Å²) in [5, 5.41) is 11.5. The second kappa shape index (κ2) is 8.21. The molecule has 0 fully saturated rings. The molecule has 1 aromatic rings. The van der Waals surface area contributed by atoms with E-state index in [9.17, 15) is 14.0 Å². The Bertz CT molecular complexity index is 536. The van der Waals surface area contributed by atoms with Crippen LogP contribution in [0.5, 0.6) is 5.75 Å². The molecule has 6 nitrogen and oxygen atoms in total. The van der Waals surface area contributed by atoms with Crippen molar-refractivity contribution >= 4 is 12.0 Å². The Labute approximate surface area is 128 Å². The Balaban J connectivity index is 2.41. The van der Waals surface area contributed by atoms with Gasteiger partial charge in [-0.2, -0.15) is 0 Å². The molecule has 1 atom stereocenters. The number of carboxylic acids is 1. The SMILES string of the molecule is COc1ccc(CCNC(=O)N(C)CC(C)C(=O)O)cc1F. The van der Waals surface area contributed by atoms with Gasteiger partial charge in [0, 0.05) is 20.1 Å². The third kappa shape index (κ3) is 5.23. The molecular formula is C15H21FN2O4. The minimum absolute atomic E-state index is 0.123. The molecule has 0 aliphatic heterocycles. The molecule has 0 bridgehead atoms. The van der Waals surface area contributed by atoms with Crippen LogP contribution >= 0.6 is 0 Å². The zero-order valence-corrected chi connectivity index (χ0v) is 12.9. The molecule has 0 saturated carbocycles. The van der Waals surface area contributed by atoms with E-state index >= 15 is 0 Å². The van der Waals surface area contributed by atoms with E-state index in [1.807, 2.05) is 0 Å². The van der Waals surface area contributed by atoms with Gasteiger partial charge in [-0.1, -0.05) is 13.0 Å². The van der Waals surface area contributed by atoms with E-state index in [2.05, 4.69) is 5.32 Å². The van der Waals surface area contributed by atoms with Crippen molar-refractivity contribution in [2.45, 2.75) is 13.3 Å². The normalized spacial score (nSPS) is 11.6. The Hall–Kier alpha value is -2.31. The first-order valence-electron chi connectivity index (χ1n) is 6.89. The van der Waals surface area contributed by atoms with E-state index in [-0.39, 0.29) is 18.3 Å². The number of urea groups is 1. The molecule has 0 aromatic heterocycles. The average molecular weight is 312 g/mol. The van der Waals surface area contributed by atoms with Crippen molar-refractivity contribution < 1.29 is 23.8 Å². The van der Waals surface area contributed by atoms with Crippen LogP contribution in [-0.2, 0) is 11.2 Å². The van der Waals surface area contributed by atoms with Gasteiger partial charge in [-0.15, -0.1) is 0 Å². The number of nitrogens with zero attached hydrogens (tertiary/aromatic N) is 1. The standard InChI is InChI=1S/C15H21FN2O4/c1-10(14(19)20)9-18(2)15(21)17-7-6-11-4-5-13(22-3)12(16)8-11/h4-5,8,10H,6-7,9H2,1-3H3,(H,17,21)(H,19,20). The number of rotatable bonds is 7. The predicted molar refractivity (Wildman–Crippen MR) is 79.5 cm³/mol. The molecule has 122 valence electrons. The number of methoxy groups -OCH3 is 1. The quantitative estimate of drug-likeness (QED) is 0.804. The van der Waals surface area contributed by atoms with E-state index in [0.717, 1.165) is 5.56 Å². The Morgan fingerprint density at radius 3 is 2.68 bits per heavy atom. The highest BCUT2D eigenvalue weighted by Gasteiger charge is 2.16. The minimum atomic E-state index is -0.951. The number of halogens is 1. The molecule has 7 heteroatoms. The van der Waals surface area contributed by atoms with E-state index < -0.39 is 17.7 Å². The maximum atomic E-state index is 13.5.